The number of piperidine rings is 1. The summed E-state index contributed by atoms with van der Waals surface area (Å²) in [5.74, 6) is -1.11. The normalized spacial score (nSPS) is 21.9. The second-order valence-electron chi connectivity index (χ2n) is 11.8. The number of hydroxylamine groups is 2. The molecule has 0 bridgehead atoms. The van der Waals surface area contributed by atoms with E-state index < -0.39 is 24.3 Å². The van der Waals surface area contributed by atoms with Crippen LogP contribution in [0.3, 0.4) is 0 Å². The number of H-pyrrole nitrogens is 1. The number of fused-ring (bicyclic) bond motifs is 3. The molecule has 7 rings (SSSR count). The lowest BCUT2D eigenvalue weighted by atomic mass is 10.0. The predicted molar refractivity (Wildman–Crippen MR) is 159 cm³/mol. The maximum absolute atomic E-state index is 13.7. The summed E-state index contributed by atoms with van der Waals surface area (Å²) in [6.45, 7) is 1.27. The second-order valence-corrected chi connectivity index (χ2v) is 11.8. The Morgan fingerprint density at radius 1 is 1.19 bits per heavy atom. The van der Waals surface area contributed by atoms with Crippen molar-refractivity contribution in [1.29, 1.82) is 0 Å². The zero-order valence-corrected chi connectivity index (χ0v) is 25.1. The first-order chi connectivity index (χ1) is 22.5. The fraction of sp³-hybridized carbons (Fsp3) is 0.387. The van der Waals surface area contributed by atoms with Crippen LogP contribution in [0.5, 0.6) is 17.2 Å². The number of amides is 2. The minimum atomic E-state index is -4.15. The quantitative estimate of drug-likeness (QED) is 0.265. The van der Waals surface area contributed by atoms with Gasteiger partial charge in [-0.25, -0.2) is 4.98 Å². The highest BCUT2D eigenvalue weighted by molar-refractivity contribution is 6.23. The molecule has 2 aromatic carbocycles. The first-order valence-electron chi connectivity index (χ1n) is 15.0. The molecule has 0 spiro atoms. The van der Waals surface area contributed by atoms with Crippen LogP contribution in [0.25, 0.3) is 16.6 Å². The van der Waals surface area contributed by atoms with E-state index in [4.69, 9.17) is 4.74 Å². The van der Waals surface area contributed by atoms with Gasteiger partial charge >= 0.3 is 12.5 Å². The minimum absolute atomic E-state index is 0.0231. The van der Waals surface area contributed by atoms with Gasteiger partial charge in [-0.1, -0.05) is 6.07 Å². The monoisotopic (exact) mass is 656 g/mol. The lowest BCUT2D eigenvalue weighted by molar-refractivity contribution is -0.281. The number of imide groups is 1. The summed E-state index contributed by atoms with van der Waals surface area (Å²) in [5.41, 5.74) is 2.66. The summed E-state index contributed by atoms with van der Waals surface area (Å²) in [6.07, 6.45) is -3.88. The molecule has 4 aliphatic rings. The van der Waals surface area contributed by atoms with Crippen LogP contribution in [-0.4, -0.2) is 111 Å². The van der Waals surface area contributed by atoms with Gasteiger partial charge in [0.2, 0.25) is 5.75 Å². The van der Waals surface area contributed by atoms with Crippen molar-refractivity contribution >= 4 is 28.4 Å². The number of allylic oxidation sites excluding steroid dienone is 1. The summed E-state index contributed by atoms with van der Waals surface area (Å²) in [5, 5.41) is 24.9. The molecule has 248 valence electrons. The fourth-order valence-corrected chi connectivity index (χ4v) is 6.06. The number of aromatic nitrogens is 2. The number of carbonyl (C=O) groups is 2. The van der Waals surface area contributed by atoms with Gasteiger partial charge in [0, 0.05) is 30.1 Å². The summed E-state index contributed by atoms with van der Waals surface area (Å²) in [4.78, 5) is 38.0. The number of aromatic amines is 1. The number of aliphatic hydroxyl groups excluding tert-OH is 1. The average Bonchev–Trinajstić information content (AvgIpc) is 3.56. The number of aliphatic hydroxyl groups is 1. The van der Waals surface area contributed by atoms with Crippen molar-refractivity contribution in [3.8, 4) is 17.2 Å². The van der Waals surface area contributed by atoms with Crippen molar-refractivity contribution in [2.75, 3.05) is 39.8 Å². The molecule has 0 saturated carbocycles. The van der Waals surface area contributed by atoms with Crippen LogP contribution in [-0.2, 0) is 0 Å². The molecular formula is C31H31F3N6O7. The van der Waals surface area contributed by atoms with Gasteiger partial charge in [0.1, 0.15) is 18.5 Å². The van der Waals surface area contributed by atoms with Crippen LogP contribution in [0.4, 0.5) is 13.2 Å². The van der Waals surface area contributed by atoms with Crippen LogP contribution >= 0.6 is 0 Å². The first kappa shape index (κ1) is 30.8. The number of nitrogens with one attached hydrogen (secondary N) is 2. The number of imidazole rings is 1. The summed E-state index contributed by atoms with van der Waals surface area (Å²) in [6, 6.07) is 6.99. The number of carbonyl (C=O) groups excluding carboxylic acids is 2. The van der Waals surface area contributed by atoms with Crippen molar-refractivity contribution in [3.63, 3.8) is 0 Å². The van der Waals surface area contributed by atoms with Crippen molar-refractivity contribution < 1.29 is 47.3 Å². The number of benzene rings is 2. The molecule has 0 aliphatic carbocycles. The molecular weight excluding hydrogens is 625 g/mol. The zero-order valence-electron chi connectivity index (χ0n) is 25.1. The molecule has 13 nitrogen and oxygen atoms in total. The third kappa shape index (κ3) is 5.72. The van der Waals surface area contributed by atoms with Crippen LogP contribution in [0.1, 0.15) is 39.4 Å². The lowest BCUT2D eigenvalue weighted by Crippen LogP contribution is -2.46. The van der Waals surface area contributed by atoms with Gasteiger partial charge < -0.3 is 34.5 Å². The standard InChI is InChI=1S/C31H31F3N6O7/c1-38-8-5-16(6-9-38)40-28(42)18-11-22-23(12-19(18)29(40)43)37-27(36-22)20-14-39(44)10-7-21(20)35-13-17(41)15-45-24-3-2-4-25-26(24)46-30(32)31(33,34)47-25/h2-4,7,10-12,16-17,30,35,41,44H,5-6,8-9,13-15H2,1H3,(H,36,37)/t17-,30?/m1/s1. The third-order valence-electron chi connectivity index (χ3n) is 8.55. The van der Waals surface area contributed by atoms with Crippen LogP contribution in [0.2, 0.25) is 0 Å². The number of hydrogen-bond donors (Lipinski definition) is 4. The minimum Gasteiger partial charge on any atom is -0.487 e. The number of nitrogens with zero attached hydrogens (tertiary/aromatic N) is 4. The fourth-order valence-electron chi connectivity index (χ4n) is 6.06. The van der Waals surface area contributed by atoms with Crippen LogP contribution in [0.15, 0.2) is 48.3 Å². The molecule has 2 amide bonds. The molecule has 1 fully saturated rings. The molecule has 0 radical (unpaired) electrons. The van der Waals surface area contributed by atoms with E-state index in [9.17, 15) is 33.1 Å². The molecule has 2 atom stereocenters. The lowest BCUT2D eigenvalue weighted by Gasteiger charge is -2.33. The van der Waals surface area contributed by atoms with Gasteiger partial charge in [-0.15, -0.1) is 0 Å². The highest BCUT2D eigenvalue weighted by Crippen LogP contribution is 2.46. The molecule has 1 saturated heterocycles. The first-order valence-corrected chi connectivity index (χ1v) is 15.0. The van der Waals surface area contributed by atoms with E-state index in [1.807, 2.05) is 7.05 Å². The van der Waals surface area contributed by atoms with Crippen molar-refractivity contribution in [1.82, 2.24) is 30.1 Å². The Kier molecular flexibility index (Phi) is 7.72. The van der Waals surface area contributed by atoms with E-state index in [-0.39, 0.29) is 49.1 Å². The second kappa shape index (κ2) is 11.8. The topological polar surface area (TPSA) is 153 Å². The van der Waals surface area contributed by atoms with Crippen LogP contribution < -0.4 is 19.5 Å². The molecule has 4 N–H and O–H groups in total. The predicted octanol–water partition coefficient (Wildman–Crippen LogP) is 2.87. The Bertz CT molecular complexity index is 1750. The van der Waals surface area contributed by atoms with Gasteiger partial charge in [0.25, 0.3) is 11.8 Å². The van der Waals surface area contributed by atoms with Crippen molar-refractivity contribution in [2.45, 2.75) is 37.5 Å². The molecule has 1 unspecified atom stereocenters. The Morgan fingerprint density at radius 2 is 1.94 bits per heavy atom. The van der Waals surface area contributed by atoms with E-state index in [1.54, 1.807) is 18.2 Å². The Balaban J connectivity index is 1.06. The number of likely N-dealkylation sites (tertiary alicyclic amines) is 1. The summed E-state index contributed by atoms with van der Waals surface area (Å²) < 4.78 is 55.4. The molecule has 3 aromatic rings. The number of rotatable bonds is 8. The maximum Gasteiger partial charge on any atom is 0.468 e. The van der Waals surface area contributed by atoms with E-state index in [2.05, 4.69) is 29.7 Å². The van der Waals surface area contributed by atoms with Gasteiger partial charge in [0.05, 0.1) is 28.7 Å². The summed E-state index contributed by atoms with van der Waals surface area (Å²) in [7, 11) is 2.01. The SMILES string of the molecule is CN1CCC(N2C(=O)c3cc4nc(C5=C(NC[C@@H](O)COc6cccc7c6OC(F)C(F)(F)O7)C=CN(O)C5)[nH]c4cc3C2=O)CC1. The van der Waals surface area contributed by atoms with Gasteiger partial charge in [-0.3, -0.25) is 24.8 Å². The molecule has 47 heavy (non-hydrogen) atoms. The highest BCUT2D eigenvalue weighted by atomic mass is 19.3. The van der Waals surface area contributed by atoms with E-state index in [0.29, 0.717) is 39.3 Å². The number of ether oxygens (including phenoxy) is 3. The zero-order chi connectivity index (χ0) is 33.0. The van der Waals surface area contributed by atoms with E-state index in [0.717, 1.165) is 31.0 Å². The number of alkyl halides is 3. The number of halogens is 3. The third-order valence-corrected chi connectivity index (χ3v) is 8.55. The Labute approximate surface area is 265 Å². The molecule has 4 aliphatic heterocycles. The van der Waals surface area contributed by atoms with Gasteiger partial charge in [-0.05, 0) is 63.3 Å². The summed E-state index contributed by atoms with van der Waals surface area (Å²) >= 11 is 0. The van der Waals surface area contributed by atoms with E-state index >= 15 is 0 Å². The van der Waals surface area contributed by atoms with Crippen molar-refractivity contribution in [2.24, 2.45) is 0 Å². The number of hydrogen-bond acceptors (Lipinski definition) is 11. The molecule has 16 heteroatoms. The number of para-hydroxylation sites is 1. The average molecular weight is 657 g/mol. The largest absolute Gasteiger partial charge is 0.487 e. The highest BCUT2D eigenvalue weighted by Gasteiger charge is 2.50. The maximum atomic E-state index is 13.7. The molecule has 1 aromatic heterocycles. The van der Waals surface area contributed by atoms with Crippen molar-refractivity contribution in [3.05, 3.63) is 65.3 Å². The Hall–Kier alpha value is -4.80. The van der Waals surface area contributed by atoms with Gasteiger partial charge in [0.15, 0.2) is 11.5 Å². The smallest absolute Gasteiger partial charge is 0.468 e. The molecule has 5 heterocycles. The van der Waals surface area contributed by atoms with Gasteiger partial charge in [-0.2, -0.15) is 13.2 Å². The Morgan fingerprint density at radius 3 is 2.70 bits per heavy atom. The van der Waals surface area contributed by atoms with Crippen LogP contribution in [0, 0.1) is 0 Å². The van der Waals surface area contributed by atoms with E-state index in [1.165, 1.54) is 29.3 Å².